The van der Waals surface area contributed by atoms with E-state index in [9.17, 15) is 9.90 Å². The summed E-state index contributed by atoms with van der Waals surface area (Å²) in [5.74, 6) is 0.454. The minimum Gasteiger partial charge on any atom is -0.508 e. The lowest BCUT2D eigenvalue weighted by Crippen LogP contribution is -2.13. The van der Waals surface area contributed by atoms with E-state index in [4.69, 9.17) is 0 Å². The zero-order chi connectivity index (χ0) is 11.5. The molecule has 82 valence electrons. The molecule has 2 rings (SSSR count). The number of benzene rings is 1. The number of carbonyl (C=O) groups excluding carboxylic acids is 1. The fourth-order valence-electron chi connectivity index (χ4n) is 1.42. The van der Waals surface area contributed by atoms with E-state index in [1.54, 1.807) is 31.3 Å². The lowest BCUT2D eigenvalue weighted by molar-refractivity contribution is 0.102. The fraction of sp³-hybridized carbons (Fsp3) is 0.0909. The molecular formula is C11H11N3O2. The first-order valence-electron chi connectivity index (χ1n) is 4.77. The van der Waals surface area contributed by atoms with Crippen molar-refractivity contribution >= 4 is 11.7 Å². The molecule has 0 fully saturated rings. The van der Waals surface area contributed by atoms with Gasteiger partial charge in [0.15, 0.2) is 0 Å². The van der Waals surface area contributed by atoms with E-state index in [1.165, 1.54) is 6.07 Å². The van der Waals surface area contributed by atoms with Crippen LogP contribution in [0.1, 0.15) is 15.9 Å². The molecule has 0 bridgehead atoms. The predicted molar refractivity (Wildman–Crippen MR) is 59.4 cm³/mol. The van der Waals surface area contributed by atoms with E-state index in [2.05, 4.69) is 15.5 Å². The molecule has 1 heterocycles. The lowest BCUT2D eigenvalue weighted by atomic mass is 10.1. The number of amides is 1. The number of phenols is 1. The zero-order valence-electron chi connectivity index (χ0n) is 8.69. The summed E-state index contributed by atoms with van der Waals surface area (Å²) in [6.07, 6.45) is 1.55. The Morgan fingerprint density at radius 3 is 2.88 bits per heavy atom. The second-order valence-corrected chi connectivity index (χ2v) is 3.42. The molecule has 16 heavy (non-hydrogen) atoms. The van der Waals surface area contributed by atoms with Crippen molar-refractivity contribution < 1.29 is 9.90 Å². The first kappa shape index (κ1) is 10.2. The minimum absolute atomic E-state index is 0.149. The van der Waals surface area contributed by atoms with Gasteiger partial charge in [0.05, 0.1) is 6.20 Å². The van der Waals surface area contributed by atoms with Gasteiger partial charge in [0.2, 0.25) is 0 Å². The van der Waals surface area contributed by atoms with E-state index in [-0.39, 0.29) is 11.7 Å². The third kappa shape index (κ3) is 2.03. The average Bonchev–Trinajstić information content (AvgIpc) is 2.70. The number of H-pyrrole nitrogens is 1. The van der Waals surface area contributed by atoms with Gasteiger partial charge >= 0.3 is 0 Å². The number of phenolic OH excluding ortho intramolecular Hbond substituents is 1. The zero-order valence-corrected chi connectivity index (χ0v) is 8.69. The Labute approximate surface area is 92.1 Å². The lowest BCUT2D eigenvalue weighted by Gasteiger charge is -2.05. The smallest absolute Gasteiger partial charge is 0.257 e. The van der Waals surface area contributed by atoms with E-state index in [0.717, 1.165) is 5.56 Å². The summed E-state index contributed by atoms with van der Waals surface area (Å²) >= 11 is 0. The van der Waals surface area contributed by atoms with E-state index in [1.807, 2.05) is 0 Å². The third-order valence-corrected chi connectivity index (χ3v) is 2.20. The van der Waals surface area contributed by atoms with Gasteiger partial charge in [0, 0.05) is 11.6 Å². The molecule has 5 nitrogen and oxygen atoms in total. The SMILES string of the molecule is Cc1cc(O)ccc1C(=O)Nc1ccn[nH]1. The normalized spacial score (nSPS) is 10.1. The molecule has 0 aliphatic rings. The van der Waals surface area contributed by atoms with Gasteiger partial charge in [0.25, 0.3) is 5.91 Å². The number of hydrogen-bond donors (Lipinski definition) is 3. The topological polar surface area (TPSA) is 78.0 Å². The molecule has 1 aromatic carbocycles. The van der Waals surface area contributed by atoms with Crippen molar-refractivity contribution in [2.24, 2.45) is 0 Å². The number of aromatic amines is 1. The molecule has 3 N–H and O–H groups in total. The molecule has 0 atom stereocenters. The molecule has 0 saturated carbocycles. The summed E-state index contributed by atoms with van der Waals surface area (Å²) in [6.45, 7) is 1.77. The summed E-state index contributed by atoms with van der Waals surface area (Å²) in [6, 6.07) is 6.26. The predicted octanol–water partition coefficient (Wildman–Crippen LogP) is 1.68. The van der Waals surface area contributed by atoms with Gasteiger partial charge in [-0.05, 0) is 30.7 Å². The van der Waals surface area contributed by atoms with Crippen molar-refractivity contribution in [3.63, 3.8) is 0 Å². The Bertz CT molecular complexity index is 506. The summed E-state index contributed by atoms with van der Waals surface area (Å²) in [4.78, 5) is 11.8. The Kier molecular flexibility index (Phi) is 2.59. The van der Waals surface area contributed by atoms with E-state index < -0.39 is 0 Å². The van der Waals surface area contributed by atoms with Crippen molar-refractivity contribution in [3.05, 3.63) is 41.6 Å². The van der Waals surface area contributed by atoms with Gasteiger partial charge in [-0.1, -0.05) is 0 Å². The Balaban J connectivity index is 2.21. The maximum atomic E-state index is 11.8. The molecule has 0 aliphatic heterocycles. The van der Waals surface area contributed by atoms with E-state index >= 15 is 0 Å². The number of nitrogens with one attached hydrogen (secondary N) is 2. The van der Waals surface area contributed by atoms with Gasteiger partial charge in [-0.25, -0.2) is 0 Å². The molecule has 1 amide bonds. The first-order chi connectivity index (χ1) is 7.66. The van der Waals surface area contributed by atoms with E-state index in [0.29, 0.717) is 11.4 Å². The first-order valence-corrected chi connectivity index (χ1v) is 4.77. The number of carbonyl (C=O) groups is 1. The van der Waals surface area contributed by atoms with Crippen LogP contribution in [-0.2, 0) is 0 Å². The van der Waals surface area contributed by atoms with Gasteiger partial charge < -0.3 is 10.4 Å². The van der Waals surface area contributed by atoms with Crippen LogP contribution in [0.25, 0.3) is 0 Å². The van der Waals surface area contributed by atoms with Crippen molar-refractivity contribution in [2.45, 2.75) is 6.92 Å². The number of rotatable bonds is 2. The molecule has 5 heteroatoms. The quantitative estimate of drug-likeness (QED) is 0.716. The van der Waals surface area contributed by atoms with Crippen molar-refractivity contribution in [1.82, 2.24) is 10.2 Å². The second-order valence-electron chi connectivity index (χ2n) is 3.42. The molecule has 1 aromatic heterocycles. The number of aryl methyl sites for hydroxylation is 1. The molecule has 0 radical (unpaired) electrons. The Morgan fingerprint density at radius 2 is 2.25 bits per heavy atom. The highest BCUT2D eigenvalue weighted by Crippen LogP contribution is 2.16. The van der Waals surface area contributed by atoms with Gasteiger partial charge in [0.1, 0.15) is 11.6 Å². The molecule has 0 spiro atoms. The van der Waals surface area contributed by atoms with Crippen molar-refractivity contribution in [3.8, 4) is 5.75 Å². The maximum absolute atomic E-state index is 11.8. The highest BCUT2D eigenvalue weighted by atomic mass is 16.3. The number of hydrogen-bond acceptors (Lipinski definition) is 3. The fourth-order valence-corrected chi connectivity index (χ4v) is 1.42. The van der Waals surface area contributed by atoms with Crippen LogP contribution in [0.3, 0.4) is 0 Å². The van der Waals surface area contributed by atoms with Crippen LogP contribution in [0.5, 0.6) is 5.75 Å². The molecule has 0 unspecified atom stereocenters. The van der Waals surface area contributed by atoms with Crippen LogP contribution in [0.15, 0.2) is 30.5 Å². The van der Waals surface area contributed by atoms with Crippen LogP contribution < -0.4 is 5.32 Å². The second kappa shape index (κ2) is 4.06. The standard InChI is InChI=1S/C11H11N3O2/c1-7-6-8(15)2-3-9(7)11(16)13-10-4-5-12-14-10/h2-6,15H,1H3,(H2,12,13,14,16). The van der Waals surface area contributed by atoms with Gasteiger partial charge in [-0.3, -0.25) is 9.89 Å². The molecular weight excluding hydrogens is 206 g/mol. The molecule has 2 aromatic rings. The summed E-state index contributed by atoms with van der Waals surface area (Å²) in [7, 11) is 0. The highest BCUT2D eigenvalue weighted by molar-refractivity contribution is 6.04. The largest absolute Gasteiger partial charge is 0.508 e. The van der Waals surface area contributed by atoms with Crippen molar-refractivity contribution in [2.75, 3.05) is 5.32 Å². The molecule has 0 saturated heterocycles. The summed E-state index contributed by atoms with van der Waals surface area (Å²) < 4.78 is 0. The number of aromatic nitrogens is 2. The van der Waals surface area contributed by atoms with Crippen molar-refractivity contribution in [1.29, 1.82) is 0 Å². The Morgan fingerprint density at radius 1 is 1.44 bits per heavy atom. The van der Waals surface area contributed by atoms with Gasteiger partial charge in [-0.2, -0.15) is 5.10 Å². The van der Waals surface area contributed by atoms with Crippen LogP contribution in [-0.4, -0.2) is 21.2 Å². The average molecular weight is 217 g/mol. The van der Waals surface area contributed by atoms with Gasteiger partial charge in [-0.15, -0.1) is 0 Å². The van der Waals surface area contributed by atoms with Crippen LogP contribution in [0.2, 0.25) is 0 Å². The van der Waals surface area contributed by atoms with Crippen LogP contribution in [0, 0.1) is 6.92 Å². The highest BCUT2D eigenvalue weighted by Gasteiger charge is 2.09. The maximum Gasteiger partial charge on any atom is 0.257 e. The monoisotopic (exact) mass is 217 g/mol. The number of aromatic hydroxyl groups is 1. The Hall–Kier alpha value is -2.30. The van der Waals surface area contributed by atoms with Crippen LogP contribution in [0.4, 0.5) is 5.82 Å². The molecule has 0 aliphatic carbocycles. The minimum atomic E-state index is -0.234. The number of anilines is 1. The number of nitrogens with zero attached hydrogens (tertiary/aromatic N) is 1. The van der Waals surface area contributed by atoms with Crippen LogP contribution >= 0.6 is 0 Å². The summed E-state index contributed by atoms with van der Waals surface area (Å²) in [5, 5.41) is 18.3. The summed E-state index contributed by atoms with van der Waals surface area (Å²) in [5.41, 5.74) is 1.24. The third-order valence-electron chi connectivity index (χ3n) is 2.20.